The molecule has 0 bridgehead atoms. The Morgan fingerprint density at radius 3 is 2.09 bits per heavy atom. The van der Waals surface area contributed by atoms with E-state index < -0.39 is 0 Å². The topological polar surface area (TPSA) is 46.1 Å². The Kier molecular flexibility index (Phi) is 4.14. The minimum absolute atomic E-state index is 0.836. The van der Waals surface area contributed by atoms with Gasteiger partial charge in [0.1, 0.15) is 17.3 Å². The van der Waals surface area contributed by atoms with Crippen LogP contribution >= 0.6 is 0 Å². The van der Waals surface area contributed by atoms with Gasteiger partial charge < -0.3 is 9.47 Å². The molecule has 2 aromatic rings. The SMILES string of the molecule is COc1ccc(N=C2CCN(c3ccc(OC)cc3)N2)cc1. The molecule has 1 aliphatic heterocycles. The molecule has 22 heavy (non-hydrogen) atoms. The molecular weight excluding hydrogens is 278 g/mol. The van der Waals surface area contributed by atoms with E-state index in [2.05, 4.69) is 15.4 Å². The van der Waals surface area contributed by atoms with Gasteiger partial charge >= 0.3 is 0 Å². The second-order valence-corrected chi connectivity index (χ2v) is 4.97. The Morgan fingerprint density at radius 2 is 1.50 bits per heavy atom. The van der Waals surface area contributed by atoms with E-state index in [9.17, 15) is 0 Å². The van der Waals surface area contributed by atoms with Gasteiger partial charge in [-0.25, -0.2) is 4.99 Å². The molecule has 114 valence electrons. The molecule has 0 aromatic heterocycles. The Morgan fingerprint density at radius 1 is 0.909 bits per heavy atom. The maximum Gasteiger partial charge on any atom is 0.123 e. The Bertz CT molecular complexity index is 651. The van der Waals surface area contributed by atoms with Crippen LogP contribution in [0.25, 0.3) is 0 Å². The van der Waals surface area contributed by atoms with Crippen molar-refractivity contribution in [3.8, 4) is 11.5 Å². The van der Waals surface area contributed by atoms with Gasteiger partial charge in [-0.05, 0) is 48.5 Å². The fourth-order valence-corrected chi connectivity index (χ4v) is 2.33. The van der Waals surface area contributed by atoms with E-state index in [1.165, 1.54) is 0 Å². The van der Waals surface area contributed by atoms with Crippen LogP contribution < -0.4 is 19.9 Å². The van der Waals surface area contributed by atoms with E-state index in [0.717, 1.165) is 41.7 Å². The number of anilines is 1. The zero-order valence-electron chi connectivity index (χ0n) is 12.7. The zero-order valence-corrected chi connectivity index (χ0v) is 12.7. The van der Waals surface area contributed by atoms with Gasteiger partial charge in [-0.15, -0.1) is 0 Å². The summed E-state index contributed by atoms with van der Waals surface area (Å²) < 4.78 is 10.3. The molecule has 0 aliphatic carbocycles. The maximum atomic E-state index is 5.18. The summed E-state index contributed by atoms with van der Waals surface area (Å²) in [5, 5.41) is 2.09. The van der Waals surface area contributed by atoms with Crippen molar-refractivity contribution in [3.05, 3.63) is 48.5 Å². The molecule has 0 saturated carbocycles. The van der Waals surface area contributed by atoms with Crippen molar-refractivity contribution in [1.82, 2.24) is 5.43 Å². The fourth-order valence-electron chi connectivity index (χ4n) is 2.33. The van der Waals surface area contributed by atoms with Gasteiger partial charge in [-0.1, -0.05) is 0 Å². The van der Waals surface area contributed by atoms with Gasteiger partial charge in [0.15, 0.2) is 0 Å². The second-order valence-electron chi connectivity index (χ2n) is 4.97. The molecule has 5 nitrogen and oxygen atoms in total. The highest BCUT2D eigenvalue weighted by molar-refractivity contribution is 5.89. The van der Waals surface area contributed by atoms with Crippen LogP contribution in [0.2, 0.25) is 0 Å². The summed E-state index contributed by atoms with van der Waals surface area (Å²) in [6, 6.07) is 15.7. The first kappa shape index (κ1) is 14.3. The number of hydrazine groups is 1. The molecule has 0 amide bonds. The molecule has 0 atom stereocenters. The van der Waals surface area contributed by atoms with Crippen LogP contribution in [0.5, 0.6) is 11.5 Å². The lowest BCUT2D eigenvalue weighted by Crippen LogP contribution is -2.32. The molecule has 1 aliphatic rings. The van der Waals surface area contributed by atoms with Crippen molar-refractivity contribution >= 4 is 17.2 Å². The van der Waals surface area contributed by atoms with Gasteiger partial charge in [0.2, 0.25) is 0 Å². The first-order valence-corrected chi connectivity index (χ1v) is 7.18. The van der Waals surface area contributed by atoms with Crippen LogP contribution in [-0.2, 0) is 0 Å². The summed E-state index contributed by atoms with van der Waals surface area (Å²) in [5.41, 5.74) is 5.35. The van der Waals surface area contributed by atoms with Crippen LogP contribution in [0, 0.1) is 0 Å². The number of amidine groups is 1. The molecule has 0 radical (unpaired) electrons. The molecule has 2 aromatic carbocycles. The van der Waals surface area contributed by atoms with E-state index in [-0.39, 0.29) is 0 Å². The third kappa shape index (κ3) is 3.14. The summed E-state index contributed by atoms with van der Waals surface area (Å²) >= 11 is 0. The average Bonchev–Trinajstić information content (AvgIpc) is 3.04. The number of rotatable bonds is 4. The highest BCUT2D eigenvalue weighted by Gasteiger charge is 2.17. The average molecular weight is 297 g/mol. The van der Waals surface area contributed by atoms with Crippen molar-refractivity contribution in [3.63, 3.8) is 0 Å². The predicted octanol–water partition coefficient (Wildman–Crippen LogP) is 3.15. The lowest BCUT2D eigenvalue weighted by Gasteiger charge is -2.18. The largest absolute Gasteiger partial charge is 0.497 e. The first-order valence-electron chi connectivity index (χ1n) is 7.18. The van der Waals surface area contributed by atoms with Crippen molar-refractivity contribution in [2.24, 2.45) is 4.99 Å². The van der Waals surface area contributed by atoms with E-state index in [1.807, 2.05) is 48.5 Å². The van der Waals surface area contributed by atoms with E-state index in [1.54, 1.807) is 14.2 Å². The van der Waals surface area contributed by atoms with Gasteiger partial charge in [-0.3, -0.25) is 10.4 Å². The van der Waals surface area contributed by atoms with Crippen molar-refractivity contribution in [2.45, 2.75) is 6.42 Å². The molecule has 1 fully saturated rings. The number of hydrogen-bond acceptors (Lipinski definition) is 4. The summed E-state index contributed by atoms with van der Waals surface area (Å²) in [5.74, 6) is 2.65. The molecule has 5 heteroatoms. The molecule has 3 rings (SSSR count). The summed E-state index contributed by atoms with van der Waals surface area (Å²) in [4.78, 5) is 4.63. The van der Waals surface area contributed by atoms with Crippen LogP contribution in [0.1, 0.15) is 6.42 Å². The highest BCUT2D eigenvalue weighted by atomic mass is 16.5. The van der Waals surface area contributed by atoms with Crippen LogP contribution in [0.4, 0.5) is 11.4 Å². The number of nitrogens with one attached hydrogen (secondary N) is 1. The molecule has 0 unspecified atom stereocenters. The Labute approximate surface area is 130 Å². The molecule has 1 N–H and O–H groups in total. The normalized spacial score (nSPS) is 15.7. The fraction of sp³-hybridized carbons (Fsp3) is 0.235. The summed E-state index contributed by atoms with van der Waals surface area (Å²) in [6.07, 6.45) is 0.887. The van der Waals surface area contributed by atoms with E-state index in [0.29, 0.717) is 0 Å². The van der Waals surface area contributed by atoms with Crippen molar-refractivity contribution in [2.75, 3.05) is 25.8 Å². The quantitative estimate of drug-likeness (QED) is 0.941. The minimum atomic E-state index is 0.836. The third-order valence-corrected chi connectivity index (χ3v) is 3.56. The number of ether oxygens (including phenoxy) is 2. The Hall–Kier alpha value is -2.69. The third-order valence-electron chi connectivity index (χ3n) is 3.56. The van der Waals surface area contributed by atoms with Crippen LogP contribution in [0.3, 0.4) is 0 Å². The number of hydrogen-bond donors (Lipinski definition) is 1. The van der Waals surface area contributed by atoms with Crippen LogP contribution in [-0.4, -0.2) is 26.6 Å². The minimum Gasteiger partial charge on any atom is -0.497 e. The van der Waals surface area contributed by atoms with Gasteiger partial charge in [-0.2, -0.15) is 0 Å². The molecule has 0 spiro atoms. The standard InChI is InChI=1S/C17H19N3O2/c1-21-15-7-3-13(4-8-15)18-17-11-12-20(19-17)14-5-9-16(22-2)10-6-14/h3-10H,11-12H2,1-2H3,(H,18,19). The number of methoxy groups -OCH3 is 2. The zero-order chi connectivity index (χ0) is 15.4. The smallest absolute Gasteiger partial charge is 0.123 e. The highest BCUT2D eigenvalue weighted by Crippen LogP contribution is 2.22. The maximum absolute atomic E-state index is 5.18. The van der Waals surface area contributed by atoms with Gasteiger partial charge in [0.25, 0.3) is 0 Å². The van der Waals surface area contributed by atoms with E-state index in [4.69, 9.17) is 9.47 Å². The summed E-state index contributed by atoms with van der Waals surface area (Å²) in [6.45, 7) is 0.890. The monoisotopic (exact) mass is 297 g/mol. The van der Waals surface area contributed by atoms with Crippen LogP contribution in [0.15, 0.2) is 53.5 Å². The lowest BCUT2D eigenvalue weighted by atomic mass is 10.3. The molecule has 1 saturated heterocycles. The number of benzene rings is 2. The van der Waals surface area contributed by atoms with Crippen molar-refractivity contribution < 1.29 is 9.47 Å². The first-order chi connectivity index (χ1) is 10.8. The van der Waals surface area contributed by atoms with Crippen molar-refractivity contribution in [1.29, 1.82) is 0 Å². The van der Waals surface area contributed by atoms with E-state index >= 15 is 0 Å². The van der Waals surface area contributed by atoms with Gasteiger partial charge in [0.05, 0.1) is 25.6 Å². The molecule has 1 heterocycles. The molecular formula is C17H19N3O2. The predicted molar refractivity (Wildman–Crippen MR) is 88.2 cm³/mol. The Balaban J connectivity index is 1.68. The van der Waals surface area contributed by atoms with Gasteiger partial charge in [0, 0.05) is 13.0 Å². The summed E-state index contributed by atoms with van der Waals surface area (Å²) in [7, 11) is 3.33. The number of aliphatic imine (C=N–C) groups is 1. The lowest BCUT2D eigenvalue weighted by molar-refractivity contribution is 0.414. The second kappa shape index (κ2) is 6.39. The number of nitrogens with zero attached hydrogens (tertiary/aromatic N) is 2.